The molecule has 0 heterocycles. The molecule has 0 amide bonds. The normalized spacial score (nSPS) is 11.4. The zero-order valence-electron chi connectivity index (χ0n) is 7.49. The predicted molar refractivity (Wildman–Crippen MR) is 58.9 cm³/mol. The minimum atomic E-state index is -3.93. The molecule has 82 valence electrons. The van der Waals surface area contributed by atoms with Crippen molar-refractivity contribution in [2.75, 3.05) is 0 Å². The van der Waals surface area contributed by atoms with E-state index >= 15 is 0 Å². The van der Waals surface area contributed by atoms with Gasteiger partial charge in [-0.25, -0.2) is 13.2 Å². The van der Waals surface area contributed by atoms with Crippen LogP contribution in [0.1, 0.15) is 15.9 Å². The summed E-state index contributed by atoms with van der Waals surface area (Å²) in [5, 5.41) is 8.73. The lowest BCUT2D eigenvalue weighted by Gasteiger charge is -2.06. The van der Waals surface area contributed by atoms with Gasteiger partial charge in [0, 0.05) is 15.2 Å². The fraction of sp³-hybridized carbons (Fsp3) is 0.125. The van der Waals surface area contributed by atoms with Crippen molar-refractivity contribution < 1.29 is 18.3 Å². The van der Waals surface area contributed by atoms with Crippen LogP contribution in [0.25, 0.3) is 0 Å². The average molecular weight is 314 g/mol. The summed E-state index contributed by atoms with van der Waals surface area (Å²) in [6.07, 6.45) is 0. The van der Waals surface area contributed by atoms with Crippen molar-refractivity contribution >= 4 is 41.6 Å². The van der Waals surface area contributed by atoms with Gasteiger partial charge in [0.1, 0.15) is 0 Å². The number of hydrogen-bond acceptors (Lipinski definition) is 3. The number of carboxylic acids is 1. The Labute approximate surface area is 99.4 Å². The SMILES string of the molecule is Cc1c(Br)cc(C(=O)O)cc1S(=O)(=O)Cl. The Kier molecular flexibility index (Phi) is 3.42. The highest BCUT2D eigenvalue weighted by Crippen LogP contribution is 2.27. The van der Waals surface area contributed by atoms with Gasteiger partial charge in [-0.3, -0.25) is 0 Å². The van der Waals surface area contributed by atoms with Crippen LogP contribution < -0.4 is 0 Å². The van der Waals surface area contributed by atoms with E-state index in [1.165, 1.54) is 13.0 Å². The second-order valence-corrected chi connectivity index (χ2v) is 6.21. The standard InChI is InChI=1S/C8H6BrClO4S/c1-4-6(9)2-5(8(11)12)3-7(4)15(10,13)14/h2-3H,1H3,(H,11,12). The molecule has 1 rings (SSSR count). The molecule has 0 fully saturated rings. The monoisotopic (exact) mass is 312 g/mol. The van der Waals surface area contributed by atoms with E-state index in [1.54, 1.807) is 0 Å². The lowest BCUT2D eigenvalue weighted by molar-refractivity contribution is 0.0696. The third kappa shape index (κ3) is 2.70. The van der Waals surface area contributed by atoms with Gasteiger partial charge in [0.15, 0.2) is 0 Å². The topological polar surface area (TPSA) is 71.4 Å². The molecular formula is C8H6BrClO4S. The van der Waals surface area contributed by atoms with E-state index in [2.05, 4.69) is 15.9 Å². The van der Waals surface area contributed by atoms with Crippen LogP contribution in [0.5, 0.6) is 0 Å². The maximum absolute atomic E-state index is 11.1. The molecule has 1 aromatic carbocycles. The molecule has 0 radical (unpaired) electrons. The predicted octanol–water partition coefficient (Wildman–Crippen LogP) is 2.38. The van der Waals surface area contributed by atoms with Crippen LogP contribution >= 0.6 is 26.6 Å². The van der Waals surface area contributed by atoms with Gasteiger partial charge < -0.3 is 5.11 Å². The number of carboxylic acid groups (broad SMARTS) is 1. The molecule has 0 saturated carbocycles. The zero-order valence-corrected chi connectivity index (χ0v) is 10.6. The van der Waals surface area contributed by atoms with Crippen molar-refractivity contribution in [3.63, 3.8) is 0 Å². The van der Waals surface area contributed by atoms with E-state index in [0.29, 0.717) is 10.0 Å². The van der Waals surface area contributed by atoms with Crippen LogP contribution in [-0.2, 0) is 9.05 Å². The molecule has 0 bridgehead atoms. The largest absolute Gasteiger partial charge is 0.478 e. The van der Waals surface area contributed by atoms with Crippen molar-refractivity contribution in [3.05, 3.63) is 27.7 Å². The zero-order chi connectivity index (χ0) is 11.8. The molecule has 0 aliphatic rings. The molecule has 0 atom stereocenters. The van der Waals surface area contributed by atoms with E-state index in [0.717, 1.165) is 6.07 Å². The molecule has 1 aromatic rings. The molecule has 1 N–H and O–H groups in total. The van der Waals surface area contributed by atoms with Gasteiger partial charge in [-0.1, -0.05) is 15.9 Å². The van der Waals surface area contributed by atoms with Crippen molar-refractivity contribution in [3.8, 4) is 0 Å². The molecule has 0 aliphatic heterocycles. The van der Waals surface area contributed by atoms with Gasteiger partial charge in [0.25, 0.3) is 9.05 Å². The second-order valence-electron chi connectivity index (χ2n) is 2.82. The summed E-state index contributed by atoms with van der Waals surface area (Å²) in [7, 11) is 1.24. The lowest BCUT2D eigenvalue weighted by Crippen LogP contribution is -2.02. The third-order valence-corrected chi connectivity index (χ3v) is 4.08. The van der Waals surface area contributed by atoms with Crippen LogP contribution in [0.3, 0.4) is 0 Å². The highest BCUT2D eigenvalue weighted by Gasteiger charge is 2.18. The van der Waals surface area contributed by atoms with Crippen LogP contribution in [0.2, 0.25) is 0 Å². The first kappa shape index (κ1) is 12.5. The van der Waals surface area contributed by atoms with E-state index in [4.69, 9.17) is 15.8 Å². The Balaban J connectivity index is 3.59. The lowest BCUT2D eigenvalue weighted by atomic mass is 10.1. The van der Waals surface area contributed by atoms with Gasteiger partial charge in [-0.15, -0.1) is 0 Å². The van der Waals surface area contributed by atoms with E-state index < -0.39 is 15.0 Å². The molecule has 0 aliphatic carbocycles. The highest BCUT2D eigenvalue weighted by molar-refractivity contribution is 9.10. The van der Waals surface area contributed by atoms with E-state index in [1.807, 2.05) is 0 Å². The van der Waals surface area contributed by atoms with Gasteiger partial charge >= 0.3 is 5.97 Å². The summed E-state index contributed by atoms with van der Waals surface area (Å²) in [5.41, 5.74) is 0.252. The minimum absolute atomic E-state index is 0.133. The number of carbonyl (C=O) groups is 1. The smallest absolute Gasteiger partial charge is 0.335 e. The van der Waals surface area contributed by atoms with Gasteiger partial charge in [0.05, 0.1) is 10.5 Å². The summed E-state index contributed by atoms with van der Waals surface area (Å²) < 4.78 is 22.7. The van der Waals surface area contributed by atoms with Crippen molar-refractivity contribution in [2.45, 2.75) is 11.8 Å². The number of benzene rings is 1. The van der Waals surface area contributed by atoms with Crippen molar-refractivity contribution in [2.24, 2.45) is 0 Å². The van der Waals surface area contributed by atoms with Crippen LogP contribution in [0, 0.1) is 6.92 Å². The summed E-state index contributed by atoms with van der Waals surface area (Å²) in [4.78, 5) is 10.5. The summed E-state index contributed by atoms with van der Waals surface area (Å²) >= 11 is 3.07. The van der Waals surface area contributed by atoms with Crippen LogP contribution in [-0.4, -0.2) is 19.5 Å². The highest BCUT2D eigenvalue weighted by atomic mass is 79.9. The first-order valence-electron chi connectivity index (χ1n) is 3.71. The molecule has 4 nitrogen and oxygen atoms in total. The molecule has 0 unspecified atom stereocenters. The van der Waals surface area contributed by atoms with Gasteiger partial charge in [-0.2, -0.15) is 0 Å². The Hall–Kier alpha value is -0.590. The fourth-order valence-corrected chi connectivity index (χ4v) is 2.85. The number of hydrogen-bond donors (Lipinski definition) is 1. The van der Waals surface area contributed by atoms with Gasteiger partial charge in [0.2, 0.25) is 0 Å². The first-order chi connectivity index (χ1) is 6.73. The summed E-state index contributed by atoms with van der Waals surface area (Å²) in [5.74, 6) is -1.21. The van der Waals surface area contributed by atoms with E-state index in [-0.39, 0.29) is 10.5 Å². The molecular weight excluding hydrogens is 308 g/mol. The Morgan fingerprint density at radius 1 is 1.47 bits per heavy atom. The molecule has 0 spiro atoms. The summed E-state index contributed by atoms with van der Waals surface area (Å²) in [6, 6.07) is 2.36. The maximum Gasteiger partial charge on any atom is 0.335 e. The van der Waals surface area contributed by atoms with Crippen molar-refractivity contribution in [1.29, 1.82) is 0 Å². The van der Waals surface area contributed by atoms with Crippen molar-refractivity contribution in [1.82, 2.24) is 0 Å². The Morgan fingerprint density at radius 2 is 2.00 bits per heavy atom. The third-order valence-electron chi connectivity index (χ3n) is 1.81. The molecule has 15 heavy (non-hydrogen) atoms. The number of rotatable bonds is 2. The van der Waals surface area contributed by atoms with Crippen LogP contribution in [0.15, 0.2) is 21.5 Å². The Bertz CT molecular complexity index is 524. The Morgan fingerprint density at radius 3 is 2.40 bits per heavy atom. The number of halogens is 2. The summed E-state index contributed by atoms with van der Waals surface area (Å²) in [6.45, 7) is 1.53. The molecule has 7 heteroatoms. The first-order valence-corrected chi connectivity index (χ1v) is 6.82. The quantitative estimate of drug-likeness (QED) is 0.851. The molecule has 0 aromatic heterocycles. The maximum atomic E-state index is 11.1. The number of aromatic carboxylic acids is 1. The van der Waals surface area contributed by atoms with Gasteiger partial charge in [-0.05, 0) is 24.6 Å². The molecule has 0 saturated heterocycles. The minimum Gasteiger partial charge on any atom is -0.478 e. The fourth-order valence-electron chi connectivity index (χ4n) is 1.03. The van der Waals surface area contributed by atoms with Crippen LogP contribution in [0.4, 0.5) is 0 Å². The average Bonchev–Trinajstić information content (AvgIpc) is 2.06. The second kappa shape index (κ2) is 4.11. The van der Waals surface area contributed by atoms with E-state index in [9.17, 15) is 13.2 Å².